The molecule has 4 rings (SSSR count). The van der Waals surface area contributed by atoms with E-state index in [4.69, 9.17) is 0 Å². The molecule has 0 aliphatic heterocycles. The number of aryl methyl sites for hydroxylation is 1. The highest BCUT2D eigenvalue weighted by atomic mass is 16.2. The summed E-state index contributed by atoms with van der Waals surface area (Å²) in [5.74, 6) is 0.493. The lowest BCUT2D eigenvalue weighted by atomic mass is 10.1. The minimum atomic E-state index is -0.0553. The summed E-state index contributed by atoms with van der Waals surface area (Å²) in [6.45, 7) is 3.13. The van der Waals surface area contributed by atoms with Crippen molar-refractivity contribution in [1.82, 2.24) is 20.1 Å². The second-order valence-electron chi connectivity index (χ2n) is 6.93. The van der Waals surface area contributed by atoms with Gasteiger partial charge in [-0.15, -0.1) is 0 Å². The van der Waals surface area contributed by atoms with E-state index >= 15 is 0 Å². The van der Waals surface area contributed by atoms with Gasteiger partial charge in [0.05, 0.1) is 0 Å². The maximum absolute atomic E-state index is 13.1. The average molecular weight is 346 g/mol. The number of amides is 1. The van der Waals surface area contributed by atoms with E-state index < -0.39 is 0 Å². The number of carbonyl (C=O) groups is 1. The molecule has 0 unspecified atom stereocenters. The first-order chi connectivity index (χ1) is 12.7. The Hall–Kier alpha value is -2.95. The van der Waals surface area contributed by atoms with Crippen molar-refractivity contribution in [2.75, 3.05) is 0 Å². The van der Waals surface area contributed by atoms with E-state index in [0.29, 0.717) is 24.7 Å². The summed E-state index contributed by atoms with van der Waals surface area (Å²) < 4.78 is 0. The number of pyridine rings is 1. The van der Waals surface area contributed by atoms with Crippen molar-refractivity contribution in [3.8, 4) is 0 Å². The number of aromatic nitrogens is 3. The van der Waals surface area contributed by atoms with Crippen LogP contribution in [-0.2, 0) is 13.1 Å². The molecule has 1 fully saturated rings. The van der Waals surface area contributed by atoms with Crippen LogP contribution >= 0.6 is 0 Å². The molecule has 0 saturated heterocycles. The number of nitrogens with one attached hydrogen (secondary N) is 1. The summed E-state index contributed by atoms with van der Waals surface area (Å²) in [6.07, 6.45) is 5.90. The molecular weight excluding hydrogens is 324 g/mol. The first-order valence-corrected chi connectivity index (χ1v) is 8.98. The van der Waals surface area contributed by atoms with Crippen molar-refractivity contribution in [3.05, 3.63) is 82.9 Å². The first kappa shape index (κ1) is 16.5. The van der Waals surface area contributed by atoms with Crippen molar-refractivity contribution in [2.45, 2.75) is 38.8 Å². The Kier molecular flexibility index (Phi) is 4.52. The molecule has 1 amide bonds. The molecule has 26 heavy (non-hydrogen) atoms. The van der Waals surface area contributed by atoms with Crippen LogP contribution in [0.3, 0.4) is 0 Å². The van der Waals surface area contributed by atoms with Crippen molar-refractivity contribution >= 4 is 5.91 Å². The van der Waals surface area contributed by atoms with Crippen molar-refractivity contribution in [1.29, 1.82) is 0 Å². The summed E-state index contributed by atoms with van der Waals surface area (Å²) >= 11 is 0. The van der Waals surface area contributed by atoms with Gasteiger partial charge in [0.25, 0.3) is 5.91 Å². The van der Waals surface area contributed by atoms with Crippen LogP contribution in [0.15, 0.2) is 54.9 Å². The van der Waals surface area contributed by atoms with Crippen molar-refractivity contribution in [2.24, 2.45) is 0 Å². The summed E-state index contributed by atoms with van der Waals surface area (Å²) in [5, 5.41) is 7.30. The number of rotatable bonds is 6. The third-order valence-electron chi connectivity index (χ3n) is 4.84. The quantitative estimate of drug-likeness (QED) is 0.738. The molecule has 1 aromatic carbocycles. The van der Waals surface area contributed by atoms with Crippen LogP contribution in [0.5, 0.6) is 0 Å². The van der Waals surface area contributed by atoms with E-state index in [1.54, 1.807) is 12.4 Å². The van der Waals surface area contributed by atoms with Gasteiger partial charge < -0.3 is 4.90 Å². The maximum Gasteiger partial charge on any atom is 0.274 e. The number of hydrogen-bond acceptors (Lipinski definition) is 3. The summed E-state index contributed by atoms with van der Waals surface area (Å²) in [4.78, 5) is 19.2. The average Bonchev–Trinajstić information content (AvgIpc) is 3.40. The molecule has 3 aromatic rings. The number of carbonyl (C=O) groups excluding carboxylic acids is 1. The Bertz CT molecular complexity index is 899. The van der Waals surface area contributed by atoms with Crippen LogP contribution in [0.25, 0.3) is 0 Å². The van der Waals surface area contributed by atoms with E-state index in [1.165, 1.54) is 18.4 Å². The summed E-state index contributed by atoms with van der Waals surface area (Å²) in [5.41, 5.74) is 4.89. The Morgan fingerprint density at radius 2 is 2.04 bits per heavy atom. The van der Waals surface area contributed by atoms with Crippen LogP contribution in [-0.4, -0.2) is 26.0 Å². The molecule has 0 spiro atoms. The van der Waals surface area contributed by atoms with Crippen LogP contribution in [0, 0.1) is 6.92 Å². The fourth-order valence-electron chi connectivity index (χ4n) is 3.12. The highest BCUT2D eigenvalue weighted by Gasteiger charge is 2.27. The minimum absolute atomic E-state index is 0.0553. The van der Waals surface area contributed by atoms with Gasteiger partial charge in [-0.1, -0.05) is 30.3 Å². The van der Waals surface area contributed by atoms with E-state index in [2.05, 4.69) is 34.2 Å². The summed E-state index contributed by atoms with van der Waals surface area (Å²) in [6, 6.07) is 14.0. The second kappa shape index (κ2) is 7.12. The second-order valence-corrected chi connectivity index (χ2v) is 6.93. The Morgan fingerprint density at radius 3 is 2.77 bits per heavy atom. The molecule has 0 bridgehead atoms. The smallest absolute Gasteiger partial charge is 0.274 e. The van der Waals surface area contributed by atoms with Crippen molar-refractivity contribution < 1.29 is 4.79 Å². The topological polar surface area (TPSA) is 61.9 Å². The van der Waals surface area contributed by atoms with Crippen LogP contribution in [0.1, 0.15) is 51.6 Å². The standard InChI is InChI=1S/C21H22N4O/c1-15-5-2-3-7-18(15)14-25(13-16-6-4-10-22-12-16)21(26)20-11-19(23-24-20)17-8-9-17/h2-7,10-12,17H,8-9,13-14H2,1H3,(H,23,24). The monoisotopic (exact) mass is 346 g/mol. The van der Waals surface area contributed by atoms with Crippen LogP contribution < -0.4 is 0 Å². The van der Waals surface area contributed by atoms with E-state index in [9.17, 15) is 4.79 Å². The van der Waals surface area contributed by atoms with Gasteiger partial charge >= 0.3 is 0 Å². The van der Waals surface area contributed by atoms with Gasteiger partial charge in [0.15, 0.2) is 0 Å². The number of benzene rings is 1. The number of hydrogen-bond donors (Lipinski definition) is 1. The third kappa shape index (κ3) is 3.67. The molecule has 1 aliphatic carbocycles. The molecule has 1 N–H and O–H groups in total. The molecule has 5 heteroatoms. The van der Waals surface area contributed by atoms with Gasteiger partial charge in [-0.25, -0.2) is 0 Å². The highest BCUT2D eigenvalue weighted by Crippen LogP contribution is 2.39. The van der Waals surface area contributed by atoms with E-state index in [1.807, 2.05) is 35.2 Å². The molecule has 1 saturated carbocycles. The van der Waals surface area contributed by atoms with Gasteiger partial charge in [-0.3, -0.25) is 14.9 Å². The van der Waals surface area contributed by atoms with Gasteiger partial charge in [-0.2, -0.15) is 5.10 Å². The first-order valence-electron chi connectivity index (χ1n) is 8.98. The normalized spacial score (nSPS) is 13.6. The molecule has 2 heterocycles. The Morgan fingerprint density at radius 1 is 1.19 bits per heavy atom. The zero-order valence-corrected chi connectivity index (χ0v) is 14.9. The SMILES string of the molecule is Cc1ccccc1CN(Cc1cccnc1)C(=O)c1cc(C2CC2)[nH]n1. The lowest BCUT2D eigenvalue weighted by Crippen LogP contribution is -2.30. The number of nitrogens with zero attached hydrogens (tertiary/aromatic N) is 3. The van der Waals surface area contributed by atoms with Gasteiger partial charge in [0.2, 0.25) is 0 Å². The summed E-state index contributed by atoms with van der Waals surface area (Å²) in [7, 11) is 0. The maximum atomic E-state index is 13.1. The fourth-order valence-corrected chi connectivity index (χ4v) is 3.12. The molecule has 0 atom stereocenters. The van der Waals surface area contributed by atoms with Gasteiger partial charge in [0.1, 0.15) is 5.69 Å². The highest BCUT2D eigenvalue weighted by molar-refractivity contribution is 5.92. The molecular formula is C21H22N4O. The van der Waals surface area contributed by atoms with Crippen molar-refractivity contribution in [3.63, 3.8) is 0 Å². The molecule has 132 valence electrons. The largest absolute Gasteiger partial charge is 0.329 e. The molecule has 5 nitrogen and oxygen atoms in total. The Labute approximate surface area is 153 Å². The lowest BCUT2D eigenvalue weighted by Gasteiger charge is -2.23. The predicted octanol–water partition coefficient (Wildman–Crippen LogP) is 3.83. The zero-order chi connectivity index (χ0) is 17.9. The fraction of sp³-hybridized carbons (Fsp3) is 0.286. The van der Waals surface area contributed by atoms with Crippen LogP contribution in [0.4, 0.5) is 0 Å². The van der Waals surface area contributed by atoms with Gasteiger partial charge in [0, 0.05) is 37.1 Å². The predicted molar refractivity (Wildman–Crippen MR) is 99.6 cm³/mol. The zero-order valence-electron chi connectivity index (χ0n) is 14.9. The molecule has 1 aliphatic rings. The van der Waals surface area contributed by atoms with E-state index in [0.717, 1.165) is 16.8 Å². The van der Waals surface area contributed by atoms with Crippen LogP contribution in [0.2, 0.25) is 0 Å². The lowest BCUT2D eigenvalue weighted by molar-refractivity contribution is 0.0723. The van der Waals surface area contributed by atoms with Gasteiger partial charge in [-0.05, 0) is 48.6 Å². The number of H-pyrrole nitrogens is 1. The molecule has 0 radical (unpaired) electrons. The number of aromatic amines is 1. The molecule has 2 aromatic heterocycles. The van der Waals surface area contributed by atoms with E-state index in [-0.39, 0.29) is 5.91 Å². The Balaban J connectivity index is 1.60. The minimum Gasteiger partial charge on any atom is -0.329 e. The third-order valence-corrected chi connectivity index (χ3v) is 4.84.